The summed E-state index contributed by atoms with van der Waals surface area (Å²) in [7, 11) is -3.76. The van der Waals surface area contributed by atoms with Gasteiger partial charge in [0, 0.05) is 8.59 Å². The van der Waals surface area contributed by atoms with Crippen LogP contribution >= 0.6 is 68.7 Å². The molecule has 0 bridgehead atoms. The highest BCUT2D eigenvalue weighted by Gasteiger charge is 2.21. The van der Waals surface area contributed by atoms with Gasteiger partial charge in [0.25, 0.3) is 10.0 Å². The summed E-state index contributed by atoms with van der Waals surface area (Å²) < 4.78 is 28.0. The fourth-order valence-corrected chi connectivity index (χ4v) is 5.70. The van der Waals surface area contributed by atoms with Crippen LogP contribution in [-0.2, 0) is 10.0 Å². The van der Waals surface area contributed by atoms with Gasteiger partial charge < -0.3 is 0 Å². The van der Waals surface area contributed by atoms with Crippen LogP contribution in [0.4, 0.5) is 5.69 Å². The lowest BCUT2D eigenvalue weighted by atomic mass is 10.3. The van der Waals surface area contributed by atoms with Gasteiger partial charge in [-0.3, -0.25) is 4.72 Å². The maximum Gasteiger partial charge on any atom is 0.264 e. The number of benzene rings is 1. The number of halogens is 4. The van der Waals surface area contributed by atoms with Gasteiger partial charge in [0.1, 0.15) is 9.23 Å². The summed E-state index contributed by atoms with van der Waals surface area (Å²) in [4.78, 5) is -0.0325. The van der Waals surface area contributed by atoms with E-state index in [1.165, 1.54) is 6.07 Å². The third kappa shape index (κ3) is 3.68. The van der Waals surface area contributed by atoms with Crippen LogP contribution in [0.3, 0.4) is 0 Å². The van der Waals surface area contributed by atoms with E-state index in [9.17, 15) is 8.42 Å². The predicted octanol–water partition coefficient (Wildman–Crippen LogP) is 5.11. The van der Waals surface area contributed by atoms with Crippen molar-refractivity contribution in [2.75, 3.05) is 4.72 Å². The van der Waals surface area contributed by atoms with Crippen LogP contribution in [0, 0.1) is 3.57 Å². The average Bonchev–Trinajstić information content (AvgIpc) is 2.63. The largest absolute Gasteiger partial charge is 0.278 e. The molecule has 0 aliphatic heterocycles. The molecule has 0 aliphatic rings. The molecular weight excluding hydrogens is 464 g/mol. The van der Waals surface area contributed by atoms with Crippen LogP contribution in [0.15, 0.2) is 29.2 Å². The first kappa shape index (κ1) is 15.7. The van der Waals surface area contributed by atoms with E-state index < -0.39 is 10.0 Å². The molecule has 1 N–H and O–H groups in total. The molecule has 0 aliphatic carbocycles. The van der Waals surface area contributed by atoms with E-state index in [1.54, 1.807) is 18.2 Å². The standard InChI is InChI=1S/C10H5Cl3INO2S2/c11-5-1-2-7(6(14)3-5)15-19(16,17)8-4-9(12)18-10(8)13/h1-4,15H. The molecule has 0 spiro atoms. The summed E-state index contributed by atoms with van der Waals surface area (Å²) >= 11 is 20.4. The number of hydrogen-bond acceptors (Lipinski definition) is 3. The van der Waals surface area contributed by atoms with E-state index >= 15 is 0 Å². The van der Waals surface area contributed by atoms with Gasteiger partial charge in [-0.2, -0.15) is 0 Å². The molecule has 19 heavy (non-hydrogen) atoms. The Bertz CT molecular complexity index is 730. The van der Waals surface area contributed by atoms with E-state index in [0.717, 1.165) is 11.3 Å². The minimum Gasteiger partial charge on any atom is -0.278 e. The normalized spacial score (nSPS) is 11.6. The highest BCUT2D eigenvalue weighted by atomic mass is 127. The highest BCUT2D eigenvalue weighted by Crippen LogP contribution is 2.35. The van der Waals surface area contributed by atoms with Gasteiger partial charge in [0.15, 0.2) is 0 Å². The monoisotopic (exact) mass is 467 g/mol. The minimum absolute atomic E-state index is 0.0325. The zero-order chi connectivity index (χ0) is 14.2. The van der Waals surface area contributed by atoms with Crippen molar-refractivity contribution in [3.05, 3.63) is 41.5 Å². The Balaban J connectivity index is 2.39. The molecule has 1 heterocycles. The Labute approximate surface area is 143 Å². The Morgan fingerprint density at radius 3 is 2.37 bits per heavy atom. The fourth-order valence-electron chi connectivity index (χ4n) is 1.28. The number of anilines is 1. The summed E-state index contributed by atoms with van der Waals surface area (Å²) in [5.74, 6) is 0. The van der Waals surface area contributed by atoms with Crippen molar-refractivity contribution >= 4 is 84.4 Å². The minimum atomic E-state index is -3.76. The van der Waals surface area contributed by atoms with Crippen molar-refractivity contribution in [3.63, 3.8) is 0 Å². The van der Waals surface area contributed by atoms with Gasteiger partial charge in [-0.15, -0.1) is 11.3 Å². The van der Waals surface area contributed by atoms with Crippen molar-refractivity contribution in [3.8, 4) is 0 Å². The summed E-state index contributed by atoms with van der Waals surface area (Å²) in [5, 5.41) is 0.531. The van der Waals surface area contributed by atoms with Gasteiger partial charge in [0.05, 0.1) is 10.0 Å². The van der Waals surface area contributed by atoms with E-state index in [4.69, 9.17) is 34.8 Å². The van der Waals surface area contributed by atoms with Crippen molar-refractivity contribution in [2.45, 2.75) is 4.90 Å². The molecule has 0 atom stereocenters. The number of rotatable bonds is 3. The number of sulfonamides is 1. The second-order valence-electron chi connectivity index (χ2n) is 3.42. The Morgan fingerprint density at radius 1 is 1.16 bits per heavy atom. The summed E-state index contributed by atoms with van der Waals surface area (Å²) in [6.45, 7) is 0. The second kappa shape index (κ2) is 5.95. The van der Waals surface area contributed by atoms with Crippen molar-refractivity contribution < 1.29 is 8.42 Å². The van der Waals surface area contributed by atoms with Crippen LogP contribution in [0.5, 0.6) is 0 Å². The maximum atomic E-state index is 12.2. The zero-order valence-corrected chi connectivity index (χ0v) is 15.0. The average molecular weight is 469 g/mol. The van der Waals surface area contributed by atoms with Crippen molar-refractivity contribution in [1.82, 2.24) is 0 Å². The first-order valence-electron chi connectivity index (χ1n) is 4.72. The zero-order valence-electron chi connectivity index (χ0n) is 8.95. The quantitative estimate of drug-likeness (QED) is 0.636. The van der Waals surface area contributed by atoms with Gasteiger partial charge in [-0.05, 0) is 46.9 Å². The SMILES string of the molecule is O=S(=O)(Nc1ccc(Cl)cc1I)c1cc(Cl)sc1Cl. The van der Waals surface area contributed by atoms with Gasteiger partial charge >= 0.3 is 0 Å². The van der Waals surface area contributed by atoms with Gasteiger partial charge in [0.2, 0.25) is 0 Å². The molecule has 9 heteroatoms. The third-order valence-electron chi connectivity index (χ3n) is 2.09. The van der Waals surface area contributed by atoms with Crippen LogP contribution < -0.4 is 4.72 Å². The molecular formula is C10H5Cl3INO2S2. The Morgan fingerprint density at radius 2 is 1.84 bits per heavy atom. The van der Waals surface area contributed by atoms with Crippen LogP contribution in [0.2, 0.25) is 13.7 Å². The van der Waals surface area contributed by atoms with E-state index in [0.29, 0.717) is 18.6 Å². The number of thiophene rings is 1. The van der Waals surface area contributed by atoms with Gasteiger partial charge in [-0.1, -0.05) is 34.8 Å². The lowest BCUT2D eigenvalue weighted by Gasteiger charge is -2.09. The van der Waals surface area contributed by atoms with E-state index in [2.05, 4.69) is 4.72 Å². The molecule has 0 saturated heterocycles. The molecule has 2 rings (SSSR count). The second-order valence-corrected chi connectivity index (χ2v) is 8.95. The first-order chi connectivity index (χ1) is 8.79. The lowest BCUT2D eigenvalue weighted by molar-refractivity contribution is 0.601. The number of hydrogen-bond donors (Lipinski definition) is 1. The van der Waals surface area contributed by atoms with Crippen molar-refractivity contribution in [1.29, 1.82) is 0 Å². The highest BCUT2D eigenvalue weighted by molar-refractivity contribution is 14.1. The van der Waals surface area contributed by atoms with E-state index in [-0.39, 0.29) is 9.23 Å². The topological polar surface area (TPSA) is 46.2 Å². The molecule has 0 radical (unpaired) electrons. The van der Waals surface area contributed by atoms with Gasteiger partial charge in [-0.25, -0.2) is 8.42 Å². The lowest BCUT2D eigenvalue weighted by Crippen LogP contribution is -2.13. The Hall–Kier alpha value is 0.270. The van der Waals surface area contributed by atoms with Crippen LogP contribution in [-0.4, -0.2) is 8.42 Å². The molecule has 0 saturated carbocycles. The molecule has 0 unspecified atom stereocenters. The first-order valence-corrected chi connectivity index (χ1v) is 9.23. The molecule has 0 fully saturated rings. The van der Waals surface area contributed by atoms with E-state index in [1.807, 2.05) is 22.6 Å². The van der Waals surface area contributed by atoms with Crippen LogP contribution in [0.25, 0.3) is 0 Å². The molecule has 102 valence electrons. The molecule has 1 aromatic carbocycles. The third-order valence-corrected chi connectivity index (χ3v) is 6.34. The summed E-state index contributed by atoms with van der Waals surface area (Å²) in [5.41, 5.74) is 0.434. The predicted molar refractivity (Wildman–Crippen MR) is 89.3 cm³/mol. The smallest absolute Gasteiger partial charge is 0.264 e. The molecule has 3 nitrogen and oxygen atoms in total. The fraction of sp³-hybridized carbons (Fsp3) is 0. The molecule has 2 aromatic rings. The van der Waals surface area contributed by atoms with Crippen LogP contribution in [0.1, 0.15) is 0 Å². The Kier molecular flexibility index (Phi) is 4.90. The maximum absolute atomic E-state index is 12.2. The molecule has 0 amide bonds. The number of nitrogens with one attached hydrogen (secondary N) is 1. The summed E-state index contributed by atoms with van der Waals surface area (Å²) in [6.07, 6.45) is 0. The van der Waals surface area contributed by atoms with Crippen molar-refractivity contribution in [2.24, 2.45) is 0 Å². The summed E-state index contributed by atoms with van der Waals surface area (Å²) in [6, 6.07) is 6.16. The molecule has 1 aromatic heterocycles.